The van der Waals surface area contributed by atoms with E-state index < -0.39 is 0 Å². The van der Waals surface area contributed by atoms with Gasteiger partial charge in [-0.1, -0.05) is 62.9 Å². The summed E-state index contributed by atoms with van der Waals surface area (Å²) in [6.45, 7) is 8.29. The van der Waals surface area contributed by atoms with Crippen LogP contribution in [0.5, 0.6) is 0 Å². The third kappa shape index (κ3) is 7.23. The van der Waals surface area contributed by atoms with Crippen LogP contribution >= 0.6 is 24.2 Å². The van der Waals surface area contributed by atoms with Gasteiger partial charge < -0.3 is 5.73 Å². The zero-order valence-electron chi connectivity index (χ0n) is 11.9. The summed E-state index contributed by atoms with van der Waals surface area (Å²) in [6, 6.07) is 10.2. The molecule has 0 saturated heterocycles. The second-order valence-electron chi connectivity index (χ2n) is 5.15. The lowest BCUT2D eigenvalue weighted by atomic mass is 9.91. The highest BCUT2D eigenvalue weighted by Gasteiger charge is 2.13. The number of hydrogen-bond donors (Lipinski definition) is 1. The van der Waals surface area contributed by atoms with Crippen LogP contribution in [0.3, 0.4) is 0 Å². The Kier molecular flexibility index (Phi) is 7.79. The average Bonchev–Trinajstić information content (AvgIpc) is 2.33. The first-order valence-corrected chi connectivity index (χ1v) is 6.93. The first kappa shape index (κ1) is 18.0. The summed E-state index contributed by atoms with van der Waals surface area (Å²) in [6.07, 6.45) is 0. The van der Waals surface area contributed by atoms with Gasteiger partial charge in [0.25, 0.3) is 0 Å². The Morgan fingerprint density at radius 3 is 2.26 bits per heavy atom. The number of nitrogens with two attached hydrogens (primary N) is 1. The molecule has 0 aliphatic rings. The standard InChI is InChI=1S/C14H21N3S.ClH/c1-11(14(2,3)4)16-17-13(15)18-10-12-8-6-5-7-9-12;/h5-9H,10H2,1-4H3,(H2,15,17);1H. The summed E-state index contributed by atoms with van der Waals surface area (Å²) < 4.78 is 0. The summed E-state index contributed by atoms with van der Waals surface area (Å²) in [5, 5.41) is 8.72. The summed E-state index contributed by atoms with van der Waals surface area (Å²) in [4.78, 5) is 0. The molecule has 1 aromatic carbocycles. The van der Waals surface area contributed by atoms with Crippen molar-refractivity contribution in [3.05, 3.63) is 35.9 Å². The minimum Gasteiger partial charge on any atom is -0.377 e. The molecule has 0 fully saturated rings. The van der Waals surface area contributed by atoms with Gasteiger partial charge in [0.15, 0.2) is 5.17 Å². The summed E-state index contributed by atoms with van der Waals surface area (Å²) in [7, 11) is 0. The molecule has 0 radical (unpaired) electrons. The Labute approximate surface area is 126 Å². The highest BCUT2D eigenvalue weighted by Crippen LogP contribution is 2.16. The molecule has 0 atom stereocenters. The predicted octanol–water partition coefficient (Wildman–Crippen LogP) is 4.08. The molecule has 19 heavy (non-hydrogen) atoms. The second-order valence-corrected chi connectivity index (χ2v) is 6.14. The van der Waals surface area contributed by atoms with Crippen LogP contribution in [0.25, 0.3) is 0 Å². The van der Waals surface area contributed by atoms with E-state index in [4.69, 9.17) is 5.73 Å². The van der Waals surface area contributed by atoms with Crippen molar-refractivity contribution >= 4 is 35.0 Å². The Bertz CT molecular complexity index is 436. The molecular weight excluding hydrogens is 278 g/mol. The molecular formula is C14H22ClN3S. The van der Waals surface area contributed by atoms with Gasteiger partial charge in [0.1, 0.15) is 0 Å². The zero-order valence-corrected chi connectivity index (χ0v) is 13.5. The summed E-state index contributed by atoms with van der Waals surface area (Å²) >= 11 is 1.50. The van der Waals surface area contributed by atoms with Crippen LogP contribution in [-0.4, -0.2) is 10.9 Å². The maximum atomic E-state index is 5.82. The Balaban J connectivity index is 0.00000324. The third-order valence-corrected chi connectivity index (χ3v) is 3.47. The SMILES string of the molecule is CC(=NN=C(N)SCc1ccccc1)C(C)(C)C.Cl. The Morgan fingerprint density at radius 2 is 1.74 bits per heavy atom. The lowest BCUT2D eigenvalue weighted by molar-refractivity contribution is 0.585. The number of halogens is 1. The average molecular weight is 300 g/mol. The molecule has 1 rings (SSSR count). The fourth-order valence-corrected chi connectivity index (χ4v) is 1.64. The van der Waals surface area contributed by atoms with Crippen LogP contribution < -0.4 is 5.73 Å². The van der Waals surface area contributed by atoms with Crippen LogP contribution in [0, 0.1) is 5.41 Å². The van der Waals surface area contributed by atoms with E-state index >= 15 is 0 Å². The van der Waals surface area contributed by atoms with Crippen molar-refractivity contribution < 1.29 is 0 Å². The number of amidine groups is 1. The molecule has 0 spiro atoms. The van der Waals surface area contributed by atoms with Gasteiger partial charge in [-0.05, 0) is 12.5 Å². The number of nitrogens with zero attached hydrogens (tertiary/aromatic N) is 2. The van der Waals surface area contributed by atoms with Crippen molar-refractivity contribution in [1.82, 2.24) is 0 Å². The molecule has 0 aliphatic heterocycles. The smallest absolute Gasteiger partial charge is 0.180 e. The van der Waals surface area contributed by atoms with Crippen molar-refractivity contribution in [2.24, 2.45) is 21.4 Å². The number of benzene rings is 1. The normalized spacial score (nSPS) is 13.1. The number of thioether (sulfide) groups is 1. The van der Waals surface area contributed by atoms with Crippen LogP contribution in [0.15, 0.2) is 40.5 Å². The fraction of sp³-hybridized carbons (Fsp3) is 0.429. The van der Waals surface area contributed by atoms with Crippen LogP contribution in [0.4, 0.5) is 0 Å². The third-order valence-electron chi connectivity index (χ3n) is 2.61. The van der Waals surface area contributed by atoms with Gasteiger partial charge >= 0.3 is 0 Å². The van der Waals surface area contributed by atoms with Gasteiger partial charge in [-0.15, -0.1) is 17.5 Å². The Morgan fingerprint density at radius 1 is 1.16 bits per heavy atom. The van der Waals surface area contributed by atoms with Crippen molar-refractivity contribution in [3.8, 4) is 0 Å². The monoisotopic (exact) mass is 299 g/mol. The molecule has 0 bridgehead atoms. The van der Waals surface area contributed by atoms with Gasteiger partial charge in [0, 0.05) is 16.9 Å². The van der Waals surface area contributed by atoms with Crippen LogP contribution in [0.2, 0.25) is 0 Å². The number of rotatable bonds is 3. The maximum Gasteiger partial charge on any atom is 0.180 e. The lowest BCUT2D eigenvalue weighted by Gasteiger charge is -2.16. The first-order valence-electron chi connectivity index (χ1n) is 5.94. The number of hydrogen-bond acceptors (Lipinski definition) is 3. The Hall–Kier alpha value is -1.00. The van der Waals surface area contributed by atoms with Gasteiger partial charge in [-0.2, -0.15) is 5.10 Å². The van der Waals surface area contributed by atoms with E-state index in [1.165, 1.54) is 17.3 Å². The molecule has 2 N–H and O–H groups in total. The van der Waals surface area contributed by atoms with E-state index in [2.05, 4.69) is 43.1 Å². The lowest BCUT2D eigenvalue weighted by Crippen LogP contribution is -2.16. The van der Waals surface area contributed by atoms with Gasteiger partial charge in [-0.3, -0.25) is 0 Å². The fourth-order valence-electron chi connectivity index (χ4n) is 1.03. The van der Waals surface area contributed by atoms with E-state index in [1.54, 1.807) is 0 Å². The summed E-state index contributed by atoms with van der Waals surface area (Å²) in [5.74, 6) is 0.820. The zero-order chi connectivity index (χ0) is 13.6. The summed E-state index contributed by atoms with van der Waals surface area (Å²) in [5.41, 5.74) is 8.07. The molecule has 3 nitrogen and oxygen atoms in total. The molecule has 0 unspecified atom stereocenters. The van der Waals surface area contributed by atoms with Crippen molar-refractivity contribution in [1.29, 1.82) is 0 Å². The minimum atomic E-state index is 0. The molecule has 0 saturated carbocycles. The minimum absolute atomic E-state index is 0. The van der Waals surface area contributed by atoms with Crippen LogP contribution in [0.1, 0.15) is 33.3 Å². The van der Waals surface area contributed by atoms with Gasteiger partial charge in [0.05, 0.1) is 0 Å². The largest absolute Gasteiger partial charge is 0.377 e. The van der Waals surface area contributed by atoms with Crippen molar-refractivity contribution in [2.75, 3.05) is 0 Å². The van der Waals surface area contributed by atoms with E-state index in [0.29, 0.717) is 5.17 Å². The molecule has 106 valence electrons. The second kappa shape index (κ2) is 8.23. The molecule has 0 aromatic heterocycles. The molecule has 5 heteroatoms. The van der Waals surface area contributed by atoms with Gasteiger partial charge in [-0.25, -0.2) is 0 Å². The van der Waals surface area contributed by atoms with Crippen molar-refractivity contribution in [2.45, 2.75) is 33.4 Å². The highest BCUT2D eigenvalue weighted by molar-refractivity contribution is 8.13. The quantitative estimate of drug-likeness (QED) is 0.519. The van der Waals surface area contributed by atoms with E-state index in [0.717, 1.165) is 11.5 Å². The van der Waals surface area contributed by atoms with E-state index in [-0.39, 0.29) is 17.8 Å². The van der Waals surface area contributed by atoms with Gasteiger partial charge in [0.2, 0.25) is 0 Å². The topological polar surface area (TPSA) is 50.7 Å². The van der Waals surface area contributed by atoms with Crippen LogP contribution in [-0.2, 0) is 5.75 Å². The predicted molar refractivity (Wildman–Crippen MR) is 89.2 cm³/mol. The molecule has 1 aromatic rings. The maximum absolute atomic E-state index is 5.82. The molecule has 0 amide bonds. The molecule has 0 heterocycles. The van der Waals surface area contributed by atoms with E-state index in [1.807, 2.05) is 25.1 Å². The highest BCUT2D eigenvalue weighted by atomic mass is 35.5. The van der Waals surface area contributed by atoms with E-state index in [9.17, 15) is 0 Å². The molecule has 0 aliphatic carbocycles. The first-order chi connectivity index (χ1) is 8.39. The van der Waals surface area contributed by atoms with Crippen molar-refractivity contribution in [3.63, 3.8) is 0 Å².